The highest BCUT2D eigenvalue weighted by Gasteiger charge is 2.38. The van der Waals surface area contributed by atoms with Crippen LogP contribution in [-0.4, -0.2) is 23.2 Å². The van der Waals surface area contributed by atoms with Gasteiger partial charge >= 0.3 is 0 Å². The van der Waals surface area contributed by atoms with E-state index < -0.39 is 0 Å². The Morgan fingerprint density at radius 3 is 2.34 bits per heavy atom. The molecular formula is C35H21N5O. The fourth-order valence-electron chi connectivity index (χ4n) is 7.91. The van der Waals surface area contributed by atoms with E-state index in [4.69, 9.17) is 14.4 Å². The lowest BCUT2D eigenvalue weighted by Crippen LogP contribution is -2.15. The maximum Gasteiger partial charge on any atom is 0.223 e. The van der Waals surface area contributed by atoms with Crippen molar-refractivity contribution in [2.45, 2.75) is 19.3 Å². The van der Waals surface area contributed by atoms with Crippen LogP contribution < -0.4 is 0 Å². The van der Waals surface area contributed by atoms with Gasteiger partial charge in [0, 0.05) is 10.8 Å². The third kappa shape index (κ3) is 2.10. The first kappa shape index (κ1) is 20.5. The Labute approximate surface area is 232 Å². The molecule has 0 spiro atoms. The molecule has 5 aromatic carbocycles. The Hall–Kier alpha value is -5.36. The van der Waals surface area contributed by atoms with Crippen LogP contribution in [0.2, 0.25) is 0 Å². The molecule has 6 heteroatoms. The van der Waals surface area contributed by atoms with Crippen LogP contribution in [0.3, 0.4) is 0 Å². The average molecular weight is 528 g/mol. The lowest BCUT2D eigenvalue weighted by molar-refractivity contribution is 0.665. The minimum absolute atomic E-state index is 0.141. The van der Waals surface area contributed by atoms with E-state index in [2.05, 4.69) is 99.8 Å². The van der Waals surface area contributed by atoms with Crippen LogP contribution in [0.1, 0.15) is 25.0 Å². The second-order valence-electron chi connectivity index (χ2n) is 11.9. The van der Waals surface area contributed by atoms with Crippen molar-refractivity contribution in [3.63, 3.8) is 0 Å². The van der Waals surface area contributed by atoms with Crippen molar-refractivity contribution in [3.8, 4) is 11.1 Å². The van der Waals surface area contributed by atoms with Crippen molar-refractivity contribution >= 4 is 72.1 Å². The molecule has 0 atom stereocenters. The molecule has 10 aromatic rings. The Bertz CT molecular complexity index is 2780. The summed E-state index contributed by atoms with van der Waals surface area (Å²) in [5, 5.41) is 2.20. The summed E-state index contributed by atoms with van der Waals surface area (Å²) in [6.45, 7) is 4.65. The molecule has 1 aliphatic rings. The largest absolute Gasteiger partial charge is 0.456 e. The smallest absolute Gasteiger partial charge is 0.223 e. The first-order valence-corrected chi connectivity index (χ1v) is 14.0. The maximum absolute atomic E-state index is 6.26. The maximum atomic E-state index is 6.26. The highest BCUT2D eigenvalue weighted by Crippen LogP contribution is 2.51. The van der Waals surface area contributed by atoms with Gasteiger partial charge in [-0.2, -0.15) is 0 Å². The van der Waals surface area contributed by atoms with Gasteiger partial charge in [0.1, 0.15) is 16.7 Å². The molecule has 5 aromatic heterocycles. The molecule has 41 heavy (non-hydrogen) atoms. The third-order valence-corrected chi connectivity index (χ3v) is 9.56. The summed E-state index contributed by atoms with van der Waals surface area (Å²) in [5.74, 6) is 1.76. The number of hydrogen-bond acceptors (Lipinski definition) is 3. The Morgan fingerprint density at radius 2 is 1.41 bits per heavy atom. The number of aromatic nitrogens is 5. The van der Waals surface area contributed by atoms with Gasteiger partial charge in [-0.1, -0.05) is 68.4 Å². The van der Waals surface area contributed by atoms with E-state index in [9.17, 15) is 0 Å². The summed E-state index contributed by atoms with van der Waals surface area (Å²) in [5.41, 5.74) is 14.5. The summed E-state index contributed by atoms with van der Waals surface area (Å²) < 4.78 is 13.1. The van der Waals surface area contributed by atoms with Gasteiger partial charge in [0.2, 0.25) is 11.6 Å². The lowest BCUT2D eigenvalue weighted by Gasteiger charge is -2.21. The number of fused-ring (bicyclic) bond motifs is 18. The molecule has 0 fully saturated rings. The lowest BCUT2D eigenvalue weighted by atomic mass is 9.82. The monoisotopic (exact) mass is 527 g/mol. The molecule has 0 saturated heterocycles. The van der Waals surface area contributed by atoms with Crippen LogP contribution in [0, 0.1) is 0 Å². The molecule has 0 bridgehead atoms. The zero-order chi connectivity index (χ0) is 26.8. The highest BCUT2D eigenvalue weighted by atomic mass is 16.3. The molecule has 11 rings (SSSR count). The van der Waals surface area contributed by atoms with Crippen LogP contribution in [0.15, 0.2) is 95.4 Å². The number of furan rings is 1. The highest BCUT2D eigenvalue weighted by molar-refractivity contribution is 6.19. The van der Waals surface area contributed by atoms with Gasteiger partial charge < -0.3 is 4.42 Å². The average Bonchev–Trinajstić information content (AvgIpc) is 3.79. The molecule has 0 amide bonds. The summed E-state index contributed by atoms with van der Waals surface area (Å²) in [6, 6.07) is 32.2. The predicted octanol–water partition coefficient (Wildman–Crippen LogP) is 8.34. The number of imidazole rings is 4. The number of nitrogens with zero attached hydrogens (tertiary/aromatic N) is 5. The van der Waals surface area contributed by atoms with Crippen LogP contribution in [0.25, 0.3) is 83.2 Å². The molecule has 1 aliphatic carbocycles. The minimum Gasteiger partial charge on any atom is -0.456 e. The molecule has 5 heterocycles. The molecule has 0 unspecified atom stereocenters. The number of para-hydroxylation sites is 2. The van der Waals surface area contributed by atoms with Crippen LogP contribution in [0.5, 0.6) is 0 Å². The fourth-order valence-corrected chi connectivity index (χ4v) is 7.91. The van der Waals surface area contributed by atoms with E-state index in [0.717, 1.165) is 72.1 Å². The van der Waals surface area contributed by atoms with E-state index in [0.29, 0.717) is 0 Å². The quantitative estimate of drug-likeness (QED) is 0.199. The molecule has 192 valence electrons. The van der Waals surface area contributed by atoms with Gasteiger partial charge in [-0.3, -0.25) is 8.80 Å². The van der Waals surface area contributed by atoms with Crippen LogP contribution in [0.4, 0.5) is 0 Å². The molecule has 6 nitrogen and oxygen atoms in total. The van der Waals surface area contributed by atoms with Gasteiger partial charge in [-0.25, -0.2) is 14.4 Å². The van der Waals surface area contributed by atoms with Crippen molar-refractivity contribution in [2.24, 2.45) is 0 Å². The zero-order valence-corrected chi connectivity index (χ0v) is 22.3. The first-order chi connectivity index (χ1) is 20.1. The molecule has 0 radical (unpaired) electrons. The fraction of sp³-hybridized carbons (Fsp3) is 0.0857. The minimum atomic E-state index is -0.141. The van der Waals surface area contributed by atoms with E-state index >= 15 is 0 Å². The third-order valence-electron chi connectivity index (χ3n) is 9.56. The number of hydrogen-bond donors (Lipinski definition) is 0. The topological polar surface area (TPSA) is 52.2 Å². The molecule has 0 saturated carbocycles. The second kappa shape index (κ2) is 6.34. The standard InChI is InChI=1S/C35H21N5O/c1-35(2)21-10-5-3-8-18(21)19-14-16-23-30(29(19)35)37-34-38(23)24-11-7-12-25-32(24)40(34)33-36-22-15-17-27-28(31(22)39(25)33)20-9-4-6-13-26(20)41-27/h3-17H,1-2H3. The van der Waals surface area contributed by atoms with Crippen molar-refractivity contribution in [1.82, 2.24) is 23.2 Å². The van der Waals surface area contributed by atoms with Crippen molar-refractivity contribution < 1.29 is 4.42 Å². The normalized spacial score (nSPS) is 14.8. The summed E-state index contributed by atoms with van der Waals surface area (Å²) in [6.07, 6.45) is 0. The predicted molar refractivity (Wildman–Crippen MR) is 163 cm³/mol. The van der Waals surface area contributed by atoms with Crippen LogP contribution in [-0.2, 0) is 5.41 Å². The second-order valence-corrected chi connectivity index (χ2v) is 11.9. The summed E-state index contributed by atoms with van der Waals surface area (Å²) in [4.78, 5) is 10.7. The molecule has 0 N–H and O–H groups in total. The molecular weight excluding hydrogens is 506 g/mol. The van der Waals surface area contributed by atoms with Crippen molar-refractivity contribution in [1.29, 1.82) is 0 Å². The van der Waals surface area contributed by atoms with Gasteiger partial charge in [0.05, 0.1) is 38.5 Å². The Balaban J connectivity index is 1.35. The summed E-state index contributed by atoms with van der Waals surface area (Å²) in [7, 11) is 0. The number of benzene rings is 5. The Kier molecular flexibility index (Phi) is 3.17. The van der Waals surface area contributed by atoms with Gasteiger partial charge in [-0.15, -0.1) is 0 Å². The van der Waals surface area contributed by atoms with Gasteiger partial charge in [-0.05, 0) is 58.7 Å². The first-order valence-electron chi connectivity index (χ1n) is 14.0. The van der Waals surface area contributed by atoms with Crippen LogP contribution >= 0.6 is 0 Å². The number of rotatable bonds is 0. The van der Waals surface area contributed by atoms with E-state index in [1.54, 1.807) is 0 Å². The molecule has 0 aliphatic heterocycles. The van der Waals surface area contributed by atoms with Gasteiger partial charge in [0.25, 0.3) is 0 Å². The zero-order valence-electron chi connectivity index (χ0n) is 22.3. The summed E-state index contributed by atoms with van der Waals surface area (Å²) >= 11 is 0. The van der Waals surface area contributed by atoms with Crippen molar-refractivity contribution in [3.05, 3.63) is 102 Å². The van der Waals surface area contributed by atoms with E-state index in [-0.39, 0.29) is 5.41 Å². The van der Waals surface area contributed by atoms with Gasteiger partial charge in [0.15, 0.2) is 0 Å². The van der Waals surface area contributed by atoms with E-state index in [1.165, 1.54) is 22.3 Å². The van der Waals surface area contributed by atoms with E-state index in [1.807, 2.05) is 18.2 Å². The van der Waals surface area contributed by atoms with Crippen molar-refractivity contribution in [2.75, 3.05) is 0 Å². The SMILES string of the molecule is CC1(C)c2ccccc2-c2ccc3c(nc4n3c3cccc5c3n4c3nc4ccc6oc7ccccc7c6c4n53)c21. The Morgan fingerprint density at radius 1 is 0.610 bits per heavy atom.